The summed E-state index contributed by atoms with van der Waals surface area (Å²) in [7, 11) is 0. The fraction of sp³-hybridized carbons (Fsp3) is 0.391. The minimum atomic E-state index is -5.08. The van der Waals surface area contributed by atoms with Gasteiger partial charge in [0.2, 0.25) is 0 Å². The van der Waals surface area contributed by atoms with E-state index in [1.54, 1.807) is 6.20 Å². The predicted molar refractivity (Wildman–Crippen MR) is 121 cm³/mol. The number of hydrogen-bond donors (Lipinski definition) is 2. The van der Waals surface area contributed by atoms with E-state index in [1.165, 1.54) is 10.7 Å². The molecule has 9 nitrogen and oxygen atoms in total. The molecule has 1 saturated heterocycles. The molecule has 0 aliphatic carbocycles. The van der Waals surface area contributed by atoms with Crippen LogP contribution < -0.4 is 5.56 Å². The molecule has 0 radical (unpaired) electrons. The monoisotopic (exact) mass is 493 g/mol. The van der Waals surface area contributed by atoms with Gasteiger partial charge in [0.15, 0.2) is 0 Å². The fourth-order valence-corrected chi connectivity index (χ4v) is 3.83. The molecular formula is C23H26F3N5O4. The van der Waals surface area contributed by atoms with Crippen LogP contribution >= 0.6 is 0 Å². The zero-order chi connectivity index (χ0) is 25.9. The number of imidazole rings is 1. The molecule has 1 amide bonds. The number of carbonyl (C=O) groups is 2. The first-order chi connectivity index (χ1) is 16.4. The highest BCUT2D eigenvalue weighted by Crippen LogP contribution is 2.22. The van der Waals surface area contributed by atoms with E-state index in [4.69, 9.17) is 9.90 Å². The molecule has 3 heterocycles. The number of benzene rings is 1. The second-order valence-electron chi connectivity index (χ2n) is 8.34. The lowest BCUT2D eigenvalue weighted by molar-refractivity contribution is -0.192. The number of aromatic amines is 1. The second-order valence-corrected chi connectivity index (χ2v) is 8.34. The Bertz CT molecular complexity index is 1270. The molecule has 1 aliphatic rings. The van der Waals surface area contributed by atoms with Gasteiger partial charge in [-0.1, -0.05) is 6.07 Å². The molecule has 2 N–H and O–H groups in total. The Kier molecular flexibility index (Phi) is 7.51. The van der Waals surface area contributed by atoms with Crippen molar-refractivity contribution < 1.29 is 27.9 Å². The SMILES string of the molecule is Cc1ccc(-n2[nH]c(C(=O)N3CCCC3Cn3ccnc3C)cc2=O)cc1C.O=C(O)C(F)(F)F. The van der Waals surface area contributed by atoms with Crippen LogP contribution in [0.3, 0.4) is 0 Å². The van der Waals surface area contributed by atoms with Gasteiger partial charge in [0.25, 0.3) is 11.5 Å². The fourth-order valence-electron chi connectivity index (χ4n) is 3.83. The van der Waals surface area contributed by atoms with Gasteiger partial charge in [0, 0.05) is 31.5 Å². The summed E-state index contributed by atoms with van der Waals surface area (Å²) in [4.78, 5) is 40.6. The molecule has 1 aliphatic heterocycles. The summed E-state index contributed by atoms with van der Waals surface area (Å²) >= 11 is 0. The van der Waals surface area contributed by atoms with Crippen LogP contribution in [-0.2, 0) is 11.3 Å². The normalized spacial score (nSPS) is 15.6. The molecule has 12 heteroatoms. The number of aliphatic carboxylic acids is 1. The van der Waals surface area contributed by atoms with Gasteiger partial charge in [-0.15, -0.1) is 0 Å². The van der Waals surface area contributed by atoms with Crippen LogP contribution in [0.4, 0.5) is 13.2 Å². The van der Waals surface area contributed by atoms with Gasteiger partial charge in [-0.25, -0.2) is 14.5 Å². The van der Waals surface area contributed by atoms with Gasteiger partial charge in [0.1, 0.15) is 11.5 Å². The molecule has 0 saturated carbocycles. The number of H-pyrrole nitrogens is 1. The first-order valence-corrected chi connectivity index (χ1v) is 10.9. The number of alkyl halides is 3. The van der Waals surface area contributed by atoms with Gasteiger partial charge in [-0.3, -0.25) is 14.7 Å². The number of carbonyl (C=O) groups excluding carboxylic acids is 1. The molecule has 1 atom stereocenters. The van der Waals surface area contributed by atoms with Crippen LogP contribution in [-0.4, -0.2) is 60.0 Å². The third-order valence-electron chi connectivity index (χ3n) is 5.91. The molecule has 35 heavy (non-hydrogen) atoms. The molecular weight excluding hydrogens is 467 g/mol. The number of amides is 1. The van der Waals surface area contributed by atoms with Crippen LogP contribution in [0.25, 0.3) is 5.69 Å². The first kappa shape index (κ1) is 25.8. The summed E-state index contributed by atoms with van der Waals surface area (Å²) in [5, 5.41) is 10.1. The molecule has 3 aromatic rings. The molecule has 2 aromatic heterocycles. The highest BCUT2D eigenvalue weighted by Gasteiger charge is 2.38. The summed E-state index contributed by atoms with van der Waals surface area (Å²) in [6.45, 7) is 7.42. The summed E-state index contributed by atoms with van der Waals surface area (Å²) < 4.78 is 35.2. The maximum absolute atomic E-state index is 13.1. The molecule has 1 fully saturated rings. The van der Waals surface area contributed by atoms with Crippen molar-refractivity contribution >= 4 is 11.9 Å². The van der Waals surface area contributed by atoms with E-state index < -0.39 is 12.1 Å². The minimum absolute atomic E-state index is 0.105. The maximum atomic E-state index is 13.1. The number of halogens is 3. The molecule has 1 aromatic carbocycles. The molecule has 0 spiro atoms. The Hall–Kier alpha value is -3.83. The number of nitrogens with zero attached hydrogens (tertiary/aromatic N) is 4. The zero-order valence-corrected chi connectivity index (χ0v) is 19.5. The molecule has 188 valence electrons. The molecule has 0 bridgehead atoms. The lowest BCUT2D eigenvalue weighted by Gasteiger charge is -2.25. The quantitative estimate of drug-likeness (QED) is 0.580. The first-order valence-electron chi connectivity index (χ1n) is 10.9. The average Bonchev–Trinajstić information content (AvgIpc) is 3.50. The van der Waals surface area contributed by atoms with E-state index in [1.807, 2.05) is 50.1 Å². The van der Waals surface area contributed by atoms with Crippen molar-refractivity contribution in [2.45, 2.75) is 52.4 Å². The van der Waals surface area contributed by atoms with Crippen molar-refractivity contribution in [1.29, 1.82) is 0 Å². The van der Waals surface area contributed by atoms with Crippen molar-refractivity contribution in [3.8, 4) is 5.69 Å². The Morgan fingerprint density at radius 2 is 1.86 bits per heavy atom. The largest absolute Gasteiger partial charge is 0.490 e. The Morgan fingerprint density at radius 3 is 2.43 bits per heavy atom. The molecule has 1 unspecified atom stereocenters. The van der Waals surface area contributed by atoms with Gasteiger partial charge in [0.05, 0.1) is 11.7 Å². The number of carboxylic acid groups (broad SMARTS) is 1. The third kappa shape index (κ3) is 6.00. The van der Waals surface area contributed by atoms with Crippen molar-refractivity contribution in [3.05, 3.63) is 69.7 Å². The highest BCUT2D eigenvalue weighted by molar-refractivity contribution is 5.92. The number of hydrogen-bond acceptors (Lipinski definition) is 4. The number of nitrogens with one attached hydrogen (secondary N) is 1. The number of rotatable bonds is 4. The van der Waals surface area contributed by atoms with E-state index in [0.717, 1.165) is 42.0 Å². The lowest BCUT2D eigenvalue weighted by Crippen LogP contribution is -2.38. The van der Waals surface area contributed by atoms with E-state index in [2.05, 4.69) is 14.6 Å². The van der Waals surface area contributed by atoms with Crippen LogP contribution in [0, 0.1) is 20.8 Å². The van der Waals surface area contributed by atoms with Gasteiger partial charge < -0.3 is 14.6 Å². The Labute approximate surface area is 198 Å². The minimum Gasteiger partial charge on any atom is -0.475 e. The van der Waals surface area contributed by atoms with Gasteiger partial charge in [-0.2, -0.15) is 13.2 Å². The van der Waals surface area contributed by atoms with E-state index in [-0.39, 0.29) is 17.5 Å². The third-order valence-corrected chi connectivity index (χ3v) is 5.91. The lowest BCUT2D eigenvalue weighted by atomic mass is 10.1. The Balaban J connectivity index is 0.000000429. The number of likely N-dealkylation sites (tertiary alicyclic amines) is 1. The van der Waals surface area contributed by atoms with Crippen LogP contribution in [0.2, 0.25) is 0 Å². The van der Waals surface area contributed by atoms with Crippen molar-refractivity contribution in [1.82, 2.24) is 24.2 Å². The van der Waals surface area contributed by atoms with E-state index >= 15 is 0 Å². The smallest absolute Gasteiger partial charge is 0.475 e. The van der Waals surface area contributed by atoms with Crippen molar-refractivity contribution in [2.75, 3.05) is 6.54 Å². The van der Waals surface area contributed by atoms with Crippen LogP contribution in [0.5, 0.6) is 0 Å². The van der Waals surface area contributed by atoms with E-state index in [0.29, 0.717) is 12.2 Å². The summed E-state index contributed by atoms with van der Waals surface area (Å²) in [6.07, 6.45) is 0.545. The Morgan fingerprint density at radius 1 is 1.17 bits per heavy atom. The zero-order valence-electron chi connectivity index (χ0n) is 19.5. The topological polar surface area (TPSA) is 113 Å². The van der Waals surface area contributed by atoms with E-state index in [9.17, 15) is 22.8 Å². The number of carboxylic acids is 1. The van der Waals surface area contributed by atoms with Crippen molar-refractivity contribution in [2.24, 2.45) is 0 Å². The summed E-state index contributed by atoms with van der Waals surface area (Å²) in [5.74, 6) is -1.94. The highest BCUT2D eigenvalue weighted by atomic mass is 19.4. The number of aromatic nitrogens is 4. The van der Waals surface area contributed by atoms with Crippen molar-refractivity contribution in [3.63, 3.8) is 0 Å². The summed E-state index contributed by atoms with van der Waals surface area (Å²) in [6, 6.07) is 7.31. The standard InChI is InChI=1S/C21H25N5O2.C2HF3O2/c1-14-6-7-17(11-15(14)2)26-20(27)12-19(23-26)21(28)25-9-4-5-18(25)13-24-10-8-22-16(24)3;3-2(4,5)1(6)7/h6-8,10-12,18,23H,4-5,9,13H2,1-3H3;(H,6,7). The maximum Gasteiger partial charge on any atom is 0.490 e. The average molecular weight is 493 g/mol. The number of aryl methyl sites for hydroxylation is 3. The summed E-state index contributed by atoms with van der Waals surface area (Å²) in [5.41, 5.74) is 3.10. The van der Waals surface area contributed by atoms with Crippen LogP contribution in [0.1, 0.15) is 40.3 Å². The van der Waals surface area contributed by atoms with Gasteiger partial charge in [-0.05, 0) is 56.9 Å². The molecule has 4 rings (SSSR count). The predicted octanol–water partition coefficient (Wildman–Crippen LogP) is 3.23. The van der Waals surface area contributed by atoms with Crippen LogP contribution in [0.15, 0.2) is 41.5 Å². The van der Waals surface area contributed by atoms with Gasteiger partial charge >= 0.3 is 12.1 Å². The second kappa shape index (κ2) is 10.2.